The molecule has 0 fully saturated rings. The van der Waals surface area contributed by atoms with E-state index >= 15 is 0 Å². The van der Waals surface area contributed by atoms with Gasteiger partial charge in [0, 0.05) is 4.11 Å². The Bertz CT molecular complexity index is 533. The van der Waals surface area contributed by atoms with E-state index in [4.69, 9.17) is 4.11 Å². The molecule has 0 bridgehead atoms. The van der Waals surface area contributed by atoms with Gasteiger partial charge in [-0.05, 0) is 56.5 Å². The number of carboxylic acids is 2. The molecular weight excluding hydrogens is 362 g/mol. The van der Waals surface area contributed by atoms with Crippen molar-refractivity contribution in [1.29, 1.82) is 0 Å². The van der Waals surface area contributed by atoms with Crippen LogP contribution in [-0.4, -0.2) is 11.9 Å². The average Bonchev–Trinajstić information content (AvgIpc) is 2.59. The van der Waals surface area contributed by atoms with Gasteiger partial charge in [0.05, 0.1) is 11.9 Å². The third kappa shape index (κ3) is 19.5. The van der Waals surface area contributed by atoms with E-state index in [-0.39, 0.29) is 65.5 Å². The number of hydrogen-bond acceptors (Lipinski definition) is 4. The van der Waals surface area contributed by atoms with Gasteiger partial charge < -0.3 is 19.8 Å². The molecule has 27 heavy (non-hydrogen) atoms. The summed E-state index contributed by atoms with van der Waals surface area (Å²) in [5.41, 5.74) is -1.83. The molecule has 0 aliphatic carbocycles. The molecule has 0 aliphatic rings. The van der Waals surface area contributed by atoms with Crippen molar-refractivity contribution in [2.45, 2.75) is 97.2 Å². The normalized spacial score (nSPS) is 13.6. The minimum absolute atomic E-state index is 0. The molecule has 0 aromatic heterocycles. The van der Waals surface area contributed by atoms with Gasteiger partial charge in [0.15, 0.2) is 0 Å². The maximum atomic E-state index is 11.1. The van der Waals surface area contributed by atoms with Crippen molar-refractivity contribution in [3.8, 4) is 0 Å². The maximum Gasteiger partial charge on any atom is 1.00 e. The van der Waals surface area contributed by atoms with E-state index in [1.54, 1.807) is 0 Å². The first-order valence-electron chi connectivity index (χ1n) is 11.0. The topological polar surface area (TPSA) is 80.3 Å². The number of allylic oxidation sites excluding steroid dienone is 2. The smallest absolute Gasteiger partial charge is 0.545 e. The Kier molecular flexibility index (Phi) is 21.4. The average molecular weight is 399 g/mol. The first-order chi connectivity index (χ1) is 13.2. The Hall–Kier alpha value is 0.420. The molecule has 0 unspecified atom stereocenters. The molecule has 0 spiro atoms. The number of carboxylic acid groups (broad SMARTS) is 2. The summed E-state index contributed by atoms with van der Waals surface area (Å²) in [6.45, 7) is -0.821. The van der Waals surface area contributed by atoms with Gasteiger partial charge in [-0.3, -0.25) is 0 Å². The molecule has 6 heteroatoms. The molecule has 4 nitrogen and oxygen atoms in total. The van der Waals surface area contributed by atoms with Gasteiger partial charge in [-0.25, -0.2) is 0 Å². The second-order valence-electron chi connectivity index (χ2n) is 6.41. The molecular formula is C21H34Na2O4. The quantitative estimate of drug-likeness (QED) is 0.124. The van der Waals surface area contributed by atoms with Crippen molar-refractivity contribution in [3.05, 3.63) is 23.3 Å². The molecule has 0 heterocycles. The van der Waals surface area contributed by atoms with E-state index in [2.05, 4.69) is 19.1 Å². The summed E-state index contributed by atoms with van der Waals surface area (Å²) in [6, 6.07) is 0. The van der Waals surface area contributed by atoms with E-state index < -0.39 is 29.9 Å². The second kappa shape index (κ2) is 22.7. The van der Waals surface area contributed by atoms with Crippen LogP contribution in [0.1, 0.15) is 101 Å². The monoisotopic (exact) mass is 399 g/mol. The van der Waals surface area contributed by atoms with Crippen LogP contribution in [0.2, 0.25) is 0 Å². The molecule has 0 aromatic carbocycles. The molecule has 0 amide bonds. The van der Waals surface area contributed by atoms with Crippen LogP contribution >= 0.6 is 0 Å². The van der Waals surface area contributed by atoms with Gasteiger partial charge in [0.25, 0.3) is 0 Å². The molecule has 0 aromatic rings. The summed E-state index contributed by atoms with van der Waals surface area (Å²) in [5, 5.41) is 22.1. The number of aliphatic carboxylic acids is 2. The standard InChI is InChI=1S/C21H36O4.2Na/c1-3-4-5-6-7-8-9-10-11-12-13-14-15-16-17-19(21(24)25)18(2)20(22)23;;/h10-11H,3-9,12-17H2,1-2H3,(H,22,23)(H,24,25);;/q;2*+1/p-2/b11-10-,19-18-;;/i2D3;;. The van der Waals surface area contributed by atoms with Crippen molar-refractivity contribution >= 4 is 11.9 Å². The zero-order valence-electron chi connectivity index (χ0n) is 20.5. The van der Waals surface area contributed by atoms with E-state index in [0.29, 0.717) is 12.8 Å². The van der Waals surface area contributed by atoms with E-state index in [1.165, 1.54) is 38.5 Å². The van der Waals surface area contributed by atoms with Crippen LogP contribution in [0.25, 0.3) is 0 Å². The van der Waals surface area contributed by atoms with Gasteiger partial charge in [-0.1, -0.05) is 64.0 Å². The third-order valence-electron chi connectivity index (χ3n) is 4.19. The number of unbranched alkanes of at least 4 members (excludes halogenated alkanes) is 10. The molecule has 0 N–H and O–H groups in total. The molecule has 0 radical (unpaired) electrons. The van der Waals surface area contributed by atoms with Crippen LogP contribution in [0.4, 0.5) is 0 Å². The predicted octanol–water partition coefficient (Wildman–Crippen LogP) is -2.54. The van der Waals surface area contributed by atoms with Gasteiger partial charge in [0.1, 0.15) is 0 Å². The van der Waals surface area contributed by atoms with Crippen LogP contribution in [0, 0.1) is 0 Å². The van der Waals surface area contributed by atoms with E-state index in [0.717, 1.165) is 25.7 Å². The number of carbonyl (C=O) groups is 2. The van der Waals surface area contributed by atoms with Crippen LogP contribution in [-0.2, 0) is 9.59 Å². The van der Waals surface area contributed by atoms with E-state index in [9.17, 15) is 19.8 Å². The van der Waals surface area contributed by atoms with Gasteiger partial charge >= 0.3 is 59.1 Å². The fraction of sp³-hybridized carbons (Fsp3) is 0.714. The minimum Gasteiger partial charge on any atom is -0.545 e. The molecule has 144 valence electrons. The van der Waals surface area contributed by atoms with Crippen LogP contribution in [0.5, 0.6) is 0 Å². The molecule has 0 rings (SSSR count). The zero-order valence-corrected chi connectivity index (χ0v) is 21.5. The van der Waals surface area contributed by atoms with Gasteiger partial charge in [-0.15, -0.1) is 0 Å². The summed E-state index contributed by atoms with van der Waals surface area (Å²) in [6.07, 6.45) is 17.0. The third-order valence-corrected chi connectivity index (χ3v) is 4.19. The summed E-state index contributed by atoms with van der Waals surface area (Å²) in [5.74, 6) is -3.73. The van der Waals surface area contributed by atoms with Crippen molar-refractivity contribution in [2.24, 2.45) is 0 Å². The van der Waals surface area contributed by atoms with Gasteiger partial charge in [-0.2, -0.15) is 0 Å². The SMILES string of the molecule is [2H]C([2H])([2H])/C(C(=O)[O-])=C(\CCCCCC/C=C\CCCCCCCC)C(=O)[O-].[Na+].[Na+]. The summed E-state index contributed by atoms with van der Waals surface area (Å²) < 4.78 is 21.5. The second-order valence-corrected chi connectivity index (χ2v) is 6.41. The first kappa shape index (κ1) is 25.5. The maximum absolute atomic E-state index is 11.1. The summed E-state index contributed by atoms with van der Waals surface area (Å²) in [4.78, 5) is 22.1. The van der Waals surface area contributed by atoms with Crippen molar-refractivity contribution in [1.82, 2.24) is 0 Å². The Labute approximate surface area is 214 Å². The molecule has 0 saturated carbocycles. The number of rotatable bonds is 16. The Balaban J connectivity index is -0.00000364. The van der Waals surface area contributed by atoms with Crippen LogP contribution < -0.4 is 69.3 Å². The Morgan fingerprint density at radius 3 is 1.70 bits per heavy atom. The Morgan fingerprint density at radius 1 is 0.778 bits per heavy atom. The number of hydrogen-bond donors (Lipinski definition) is 0. The first-order valence-corrected chi connectivity index (χ1v) is 9.53. The molecule has 0 saturated heterocycles. The molecule has 0 aliphatic heterocycles. The minimum atomic E-state index is -3.03. The summed E-state index contributed by atoms with van der Waals surface area (Å²) in [7, 11) is 0. The number of carbonyl (C=O) groups excluding carboxylic acids is 2. The van der Waals surface area contributed by atoms with E-state index in [1.807, 2.05) is 0 Å². The molecule has 0 atom stereocenters. The predicted molar refractivity (Wildman–Crippen MR) is 97.5 cm³/mol. The van der Waals surface area contributed by atoms with Crippen LogP contribution in [0.3, 0.4) is 0 Å². The fourth-order valence-corrected chi connectivity index (χ4v) is 2.65. The fourth-order valence-electron chi connectivity index (χ4n) is 2.65. The van der Waals surface area contributed by atoms with Crippen molar-refractivity contribution in [2.75, 3.05) is 0 Å². The van der Waals surface area contributed by atoms with Crippen molar-refractivity contribution in [3.63, 3.8) is 0 Å². The van der Waals surface area contributed by atoms with Gasteiger partial charge in [0.2, 0.25) is 0 Å². The van der Waals surface area contributed by atoms with Crippen molar-refractivity contribution < 1.29 is 83.0 Å². The summed E-state index contributed by atoms with van der Waals surface area (Å²) >= 11 is 0. The zero-order chi connectivity index (χ0) is 21.4. The van der Waals surface area contributed by atoms with Crippen LogP contribution in [0.15, 0.2) is 23.3 Å². The Morgan fingerprint density at radius 2 is 1.26 bits per heavy atom. The largest absolute Gasteiger partial charge is 1.00 e.